The molecule has 13 heteroatoms. The van der Waals surface area contributed by atoms with Crippen molar-refractivity contribution in [3.63, 3.8) is 0 Å². The summed E-state index contributed by atoms with van der Waals surface area (Å²) in [5.74, 6) is -3.04. The van der Waals surface area contributed by atoms with Crippen molar-refractivity contribution in [2.24, 2.45) is 0 Å². The lowest BCUT2D eigenvalue weighted by molar-refractivity contribution is -0.294. The number of esters is 4. The van der Waals surface area contributed by atoms with Crippen LogP contribution in [0.25, 0.3) is 0 Å². The lowest BCUT2D eigenvalue weighted by Gasteiger charge is -2.43. The Hall–Kier alpha value is -3.48. The molecule has 0 bridgehead atoms. The molecular formula is C18H22N2O11. The number of hydrogen-bond donors (Lipinski definition) is 0. The largest absolute Gasteiger partial charge is 0.463 e. The van der Waals surface area contributed by atoms with E-state index in [0.29, 0.717) is 0 Å². The maximum Gasteiger partial charge on any atom is 0.421 e. The summed E-state index contributed by atoms with van der Waals surface area (Å²) in [6, 6.07) is 0. The molecule has 1 aromatic rings. The van der Waals surface area contributed by atoms with Crippen molar-refractivity contribution >= 4 is 30.0 Å². The molecule has 13 nitrogen and oxygen atoms in total. The number of rotatable bonds is 6. The first-order valence-corrected chi connectivity index (χ1v) is 9.08. The molecule has 0 amide bonds. The van der Waals surface area contributed by atoms with Crippen LogP contribution >= 0.6 is 0 Å². The van der Waals surface area contributed by atoms with Gasteiger partial charge in [0.25, 0.3) is 0 Å². The third-order valence-electron chi connectivity index (χ3n) is 3.88. The van der Waals surface area contributed by atoms with Gasteiger partial charge in [0.2, 0.25) is 12.4 Å². The van der Waals surface area contributed by atoms with Gasteiger partial charge in [-0.05, 0) is 0 Å². The zero-order valence-electron chi connectivity index (χ0n) is 17.2. The quantitative estimate of drug-likeness (QED) is 0.428. The molecule has 1 fully saturated rings. The van der Waals surface area contributed by atoms with Gasteiger partial charge in [-0.3, -0.25) is 19.2 Å². The third kappa shape index (κ3) is 6.77. The van der Waals surface area contributed by atoms with Crippen LogP contribution in [0.3, 0.4) is 0 Å². The van der Waals surface area contributed by atoms with E-state index in [9.17, 15) is 24.0 Å². The molecule has 0 saturated carbocycles. The average Bonchev–Trinajstić information content (AvgIpc) is 3.18. The van der Waals surface area contributed by atoms with Crippen LogP contribution in [0, 0.1) is 0 Å². The van der Waals surface area contributed by atoms with E-state index in [0.717, 1.165) is 38.6 Å². The fourth-order valence-electron chi connectivity index (χ4n) is 2.81. The molecule has 1 aromatic heterocycles. The summed E-state index contributed by atoms with van der Waals surface area (Å²) in [5.41, 5.74) is 0. The van der Waals surface area contributed by atoms with Crippen molar-refractivity contribution in [2.75, 3.05) is 6.61 Å². The number of imidazole rings is 1. The molecule has 0 radical (unpaired) electrons. The van der Waals surface area contributed by atoms with Crippen LogP contribution in [0.15, 0.2) is 18.7 Å². The summed E-state index contributed by atoms with van der Waals surface area (Å²) in [6.45, 7) is 3.96. The van der Waals surface area contributed by atoms with E-state index in [-0.39, 0.29) is 0 Å². The Labute approximate surface area is 176 Å². The zero-order valence-corrected chi connectivity index (χ0v) is 17.2. The number of carbonyl (C=O) groups excluding carboxylic acids is 5. The number of hydrogen-bond acceptors (Lipinski definition) is 12. The minimum atomic E-state index is -1.60. The predicted octanol–water partition coefficient (Wildman–Crippen LogP) is -0.0491. The molecule has 170 valence electrons. The summed E-state index contributed by atoms with van der Waals surface area (Å²) < 4.78 is 32.4. The number of ether oxygens (including phenoxy) is 6. The molecule has 1 saturated heterocycles. The number of carbonyl (C=O) groups is 5. The molecule has 31 heavy (non-hydrogen) atoms. The SMILES string of the molecule is CC(=O)OCC1OC(OC(=O)n2ccnc2)[C@H](OC(C)=O)C(OC(C)=O)[C@H]1OC(C)=O. The highest BCUT2D eigenvalue weighted by molar-refractivity contribution is 5.71. The molecule has 2 heterocycles. The topological polar surface area (TPSA) is 159 Å². The van der Waals surface area contributed by atoms with Gasteiger partial charge in [-0.1, -0.05) is 0 Å². The maximum absolute atomic E-state index is 12.4. The van der Waals surface area contributed by atoms with E-state index in [1.54, 1.807) is 0 Å². The molecule has 0 spiro atoms. The van der Waals surface area contributed by atoms with Crippen LogP contribution in [0.5, 0.6) is 0 Å². The van der Waals surface area contributed by atoms with Gasteiger partial charge < -0.3 is 28.4 Å². The Kier molecular flexibility index (Phi) is 8.07. The summed E-state index contributed by atoms with van der Waals surface area (Å²) in [7, 11) is 0. The van der Waals surface area contributed by atoms with E-state index in [1.165, 1.54) is 12.4 Å². The van der Waals surface area contributed by atoms with E-state index >= 15 is 0 Å². The maximum atomic E-state index is 12.4. The smallest absolute Gasteiger partial charge is 0.421 e. The Morgan fingerprint density at radius 1 is 0.839 bits per heavy atom. The van der Waals surface area contributed by atoms with Gasteiger partial charge in [-0.15, -0.1) is 0 Å². The van der Waals surface area contributed by atoms with Crippen LogP contribution < -0.4 is 0 Å². The van der Waals surface area contributed by atoms with Crippen LogP contribution in [0.2, 0.25) is 0 Å². The third-order valence-corrected chi connectivity index (χ3v) is 3.88. The Morgan fingerprint density at radius 3 is 1.94 bits per heavy atom. The van der Waals surface area contributed by atoms with Gasteiger partial charge >= 0.3 is 30.0 Å². The van der Waals surface area contributed by atoms with Gasteiger partial charge in [-0.2, -0.15) is 0 Å². The molecule has 3 unspecified atom stereocenters. The van der Waals surface area contributed by atoms with Crippen LogP contribution in [-0.2, 0) is 47.6 Å². The predicted molar refractivity (Wildman–Crippen MR) is 96.1 cm³/mol. The first kappa shape index (κ1) is 23.8. The highest BCUT2D eigenvalue weighted by atomic mass is 16.8. The lowest BCUT2D eigenvalue weighted by atomic mass is 9.98. The van der Waals surface area contributed by atoms with E-state index in [1.807, 2.05) is 0 Å². The molecule has 5 atom stereocenters. The van der Waals surface area contributed by atoms with Gasteiger partial charge in [0.05, 0.1) is 0 Å². The van der Waals surface area contributed by atoms with Crippen LogP contribution in [0.4, 0.5) is 4.79 Å². The van der Waals surface area contributed by atoms with Crippen molar-refractivity contribution < 1.29 is 52.4 Å². The molecule has 1 aliphatic heterocycles. The van der Waals surface area contributed by atoms with Crippen molar-refractivity contribution in [1.82, 2.24) is 9.55 Å². The van der Waals surface area contributed by atoms with Crippen molar-refractivity contribution in [3.8, 4) is 0 Å². The van der Waals surface area contributed by atoms with Crippen molar-refractivity contribution in [1.29, 1.82) is 0 Å². The summed E-state index contributed by atoms with van der Waals surface area (Å²) >= 11 is 0. The first-order chi connectivity index (χ1) is 14.6. The Balaban J connectivity index is 2.41. The normalized spacial score (nSPS) is 25.1. The summed E-state index contributed by atoms with van der Waals surface area (Å²) in [4.78, 5) is 62.4. The fourth-order valence-corrected chi connectivity index (χ4v) is 2.81. The average molecular weight is 442 g/mol. The minimum Gasteiger partial charge on any atom is -0.463 e. The van der Waals surface area contributed by atoms with E-state index < -0.39 is 67.3 Å². The zero-order chi connectivity index (χ0) is 23.1. The molecule has 1 aliphatic rings. The Bertz CT molecular complexity index is 822. The van der Waals surface area contributed by atoms with Crippen LogP contribution in [-0.4, -0.2) is 76.8 Å². The molecule has 2 rings (SSSR count). The first-order valence-electron chi connectivity index (χ1n) is 9.08. The minimum absolute atomic E-state index is 0.434. The fraction of sp³-hybridized carbons (Fsp3) is 0.556. The second-order valence-corrected chi connectivity index (χ2v) is 6.42. The van der Waals surface area contributed by atoms with Crippen LogP contribution in [0.1, 0.15) is 27.7 Å². The lowest BCUT2D eigenvalue weighted by Crippen LogP contribution is -2.63. The summed E-state index contributed by atoms with van der Waals surface area (Å²) in [5, 5.41) is 0. The van der Waals surface area contributed by atoms with E-state index in [4.69, 9.17) is 28.4 Å². The van der Waals surface area contributed by atoms with Gasteiger partial charge in [-0.25, -0.2) is 14.3 Å². The highest BCUT2D eigenvalue weighted by Crippen LogP contribution is 2.30. The molecular weight excluding hydrogens is 420 g/mol. The second-order valence-electron chi connectivity index (χ2n) is 6.42. The van der Waals surface area contributed by atoms with Gasteiger partial charge in [0.15, 0.2) is 12.2 Å². The second kappa shape index (κ2) is 10.5. The number of nitrogens with zero attached hydrogens (tertiary/aromatic N) is 2. The molecule has 0 N–H and O–H groups in total. The molecule has 0 aliphatic carbocycles. The molecule has 0 aromatic carbocycles. The highest BCUT2D eigenvalue weighted by Gasteiger charge is 2.53. The monoisotopic (exact) mass is 442 g/mol. The van der Waals surface area contributed by atoms with Gasteiger partial charge in [0, 0.05) is 40.1 Å². The number of aromatic nitrogens is 2. The van der Waals surface area contributed by atoms with Crippen molar-refractivity contribution in [3.05, 3.63) is 18.7 Å². The van der Waals surface area contributed by atoms with Crippen molar-refractivity contribution in [2.45, 2.75) is 58.4 Å². The summed E-state index contributed by atoms with van der Waals surface area (Å²) in [6.07, 6.45) is -4.24. The standard InChI is InChI=1S/C18H22N2O11/c1-9(21)26-7-13-14(27-10(2)22)15(28-11(3)23)16(29-12(4)24)17(30-13)31-18(25)20-6-5-19-8-20/h5-6,8,13-17H,7H2,1-4H3/t13?,14-,15?,16+,17?/m0/s1. The Morgan fingerprint density at radius 2 is 1.42 bits per heavy atom. The van der Waals surface area contributed by atoms with Gasteiger partial charge in [0.1, 0.15) is 19.0 Å². The van der Waals surface area contributed by atoms with E-state index in [2.05, 4.69) is 4.98 Å².